The number of carbonyl (C=O) groups is 2. The molecule has 2 unspecified atom stereocenters. The molecule has 1 aliphatic carbocycles. The highest BCUT2D eigenvalue weighted by Gasteiger charge is 2.39. The van der Waals surface area contributed by atoms with Gasteiger partial charge in [0.1, 0.15) is 6.54 Å². The molecule has 0 spiro atoms. The molecule has 39 heavy (non-hydrogen) atoms. The molecule has 2 fully saturated rings. The van der Waals surface area contributed by atoms with Crippen LogP contribution in [0, 0.1) is 5.92 Å². The van der Waals surface area contributed by atoms with Crippen molar-refractivity contribution in [2.75, 3.05) is 38.0 Å². The molecule has 1 amide bonds. The molecule has 1 N–H and O–H groups in total. The van der Waals surface area contributed by atoms with E-state index in [0.29, 0.717) is 11.5 Å². The number of nitrogens with zero attached hydrogens (tertiary/aromatic N) is 3. The Morgan fingerprint density at radius 1 is 0.846 bits per heavy atom. The number of ketones is 1. The van der Waals surface area contributed by atoms with Crippen molar-refractivity contribution in [1.29, 1.82) is 0 Å². The highest BCUT2D eigenvalue weighted by atomic mass is 16.2. The maximum absolute atomic E-state index is 13.4. The highest BCUT2D eigenvalue weighted by molar-refractivity contribution is 6.21. The predicted octanol–water partition coefficient (Wildman–Crippen LogP) is 5.30. The van der Waals surface area contributed by atoms with Crippen LogP contribution in [-0.2, 0) is 0 Å². The molecule has 7 rings (SSSR count). The fourth-order valence-corrected chi connectivity index (χ4v) is 6.34. The smallest absolute Gasteiger partial charge is 0.253 e. The van der Waals surface area contributed by atoms with Crippen LogP contribution in [0.15, 0.2) is 90.1 Å². The second-order valence-corrected chi connectivity index (χ2v) is 11.0. The van der Waals surface area contributed by atoms with Gasteiger partial charge in [-0.05, 0) is 48.1 Å². The lowest BCUT2D eigenvalue weighted by atomic mass is 9.75. The summed E-state index contributed by atoms with van der Waals surface area (Å²) < 4.78 is 0. The van der Waals surface area contributed by atoms with Gasteiger partial charge < -0.3 is 15.1 Å². The number of piperazine rings is 1. The second kappa shape index (κ2) is 9.53. The summed E-state index contributed by atoms with van der Waals surface area (Å²) in [7, 11) is 0. The summed E-state index contributed by atoms with van der Waals surface area (Å²) in [5.41, 5.74) is 7.72. The summed E-state index contributed by atoms with van der Waals surface area (Å²) in [6.45, 7) is 7.60. The molecular weight excluding hydrogens is 484 g/mol. The zero-order chi connectivity index (χ0) is 26.5. The quantitative estimate of drug-likeness (QED) is 0.500. The highest BCUT2D eigenvalue weighted by Crippen LogP contribution is 2.45. The predicted molar refractivity (Wildman–Crippen MR) is 154 cm³/mol. The van der Waals surface area contributed by atoms with Crippen LogP contribution in [0.4, 0.5) is 5.69 Å². The van der Waals surface area contributed by atoms with E-state index in [1.807, 2.05) is 53.4 Å². The molecule has 0 aromatic heterocycles. The first-order valence-electron chi connectivity index (χ1n) is 13.9. The maximum atomic E-state index is 13.4. The van der Waals surface area contributed by atoms with E-state index >= 15 is 0 Å². The van der Waals surface area contributed by atoms with Gasteiger partial charge >= 0.3 is 0 Å². The van der Waals surface area contributed by atoms with Gasteiger partial charge in [-0.2, -0.15) is 0 Å². The number of hydrogen-bond acceptors (Lipinski definition) is 5. The Morgan fingerprint density at radius 2 is 1.56 bits per heavy atom. The molecule has 196 valence electrons. The van der Waals surface area contributed by atoms with E-state index in [2.05, 4.69) is 41.1 Å². The third-order valence-electron chi connectivity index (χ3n) is 8.65. The largest absolute Gasteiger partial charge is 0.377 e. The lowest BCUT2D eigenvalue weighted by Crippen LogP contribution is -2.48. The SMILES string of the molecule is C=C(C1CC1)N1CCN(C(=O)c2ccc(C3C4=NCC(=O)c5cccc(c54)NC3c3ccccc3)cc2)CC1. The number of amides is 1. The molecule has 3 heterocycles. The van der Waals surface area contributed by atoms with Gasteiger partial charge in [0, 0.05) is 54.3 Å². The number of rotatable bonds is 5. The summed E-state index contributed by atoms with van der Waals surface area (Å²) in [5, 5.41) is 3.72. The first kappa shape index (κ1) is 23.9. The number of hydrogen-bond donors (Lipinski definition) is 1. The van der Waals surface area contributed by atoms with E-state index < -0.39 is 0 Å². The van der Waals surface area contributed by atoms with Gasteiger partial charge in [0.05, 0.1) is 17.7 Å². The van der Waals surface area contributed by atoms with Crippen LogP contribution in [0.1, 0.15) is 62.2 Å². The molecule has 6 heteroatoms. The van der Waals surface area contributed by atoms with Crippen LogP contribution in [-0.4, -0.2) is 59.9 Å². The van der Waals surface area contributed by atoms with E-state index in [1.54, 1.807) is 0 Å². The first-order chi connectivity index (χ1) is 19.1. The van der Waals surface area contributed by atoms with Crippen LogP contribution >= 0.6 is 0 Å². The monoisotopic (exact) mass is 516 g/mol. The Morgan fingerprint density at radius 3 is 2.28 bits per heavy atom. The van der Waals surface area contributed by atoms with Crippen LogP contribution in [0.3, 0.4) is 0 Å². The molecule has 1 saturated heterocycles. The average molecular weight is 517 g/mol. The lowest BCUT2D eigenvalue weighted by molar-refractivity contribution is 0.0665. The zero-order valence-electron chi connectivity index (χ0n) is 22.0. The van der Waals surface area contributed by atoms with Crippen LogP contribution in [0.25, 0.3) is 0 Å². The third-order valence-corrected chi connectivity index (χ3v) is 8.65. The van der Waals surface area contributed by atoms with Crippen LogP contribution < -0.4 is 5.32 Å². The number of aliphatic imine (C=N–C) groups is 1. The third kappa shape index (κ3) is 4.24. The molecule has 3 aromatic rings. The van der Waals surface area contributed by atoms with Gasteiger partial charge in [-0.25, -0.2) is 0 Å². The number of anilines is 1. The lowest BCUT2D eigenvalue weighted by Gasteiger charge is -2.39. The standard InChI is InChI=1S/C33H32N4O2/c1-21(22-10-11-22)36-16-18-37(19-17-36)33(39)25-14-12-23(13-15-25)29-31(24-6-3-2-4-7-24)35-27-9-5-8-26-28(38)20-34-32(29)30(26)27/h2-9,12-15,22,29,31,35H,1,10-11,16-20H2. The van der Waals surface area contributed by atoms with Gasteiger partial charge in [0.15, 0.2) is 5.78 Å². The van der Waals surface area contributed by atoms with Gasteiger partial charge in [-0.15, -0.1) is 0 Å². The number of carbonyl (C=O) groups excluding carboxylic acids is 2. The Balaban J connectivity index is 1.17. The average Bonchev–Trinajstić information content (AvgIpc) is 3.84. The molecule has 1 saturated carbocycles. The minimum atomic E-state index is -0.0877. The molecule has 2 atom stereocenters. The van der Waals surface area contributed by atoms with Crippen molar-refractivity contribution >= 4 is 23.1 Å². The Hall–Kier alpha value is -4.19. The summed E-state index contributed by atoms with van der Waals surface area (Å²) in [5.74, 6) is 0.697. The number of Topliss-reactive ketones (excluding diaryl/α,β-unsaturated/α-hetero) is 1. The van der Waals surface area contributed by atoms with Crippen molar-refractivity contribution in [3.8, 4) is 0 Å². The van der Waals surface area contributed by atoms with Crippen molar-refractivity contribution < 1.29 is 9.59 Å². The fourth-order valence-electron chi connectivity index (χ4n) is 6.34. The van der Waals surface area contributed by atoms with Crippen molar-refractivity contribution in [2.45, 2.75) is 24.8 Å². The summed E-state index contributed by atoms with van der Waals surface area (Å²) >= 11 is 0. The van der Waals surface area contributed by atoms with E-state index in [1.165, 1.54) is 18.5 Å². The van der Waals surface area contributed by atoms with E-state index in [0.717, 1.165) is 59.8 Å². The summed E-state index contributed by atoms with van der Waals surface area (Å²) in [4.78, 5) is 35.2. The molecule has 0 bridgehead atoms. The van der Waals surface area contributed by atoms with Gasteiger partial charge in [0.2, 0.25) is 0 Å². The van der Waals surface area contributed by atoms with Crippen molar-refractivity contribution in [2.24, 2.45) is 10.9 Å². The Kier molecular flexibility index (Phi) is 5.84. The van der Waals surface area contributed by atoms with Gasteiger partial charge in [-0.1, -0.05) is 61.2 Å². The van der Waals surface area contributed by atoms with E-state index in [9.17, 15) is 9.59 Å². The van der Waals surface area contributed by atoms with Gasteiger partial charge in [0.25, 0.3) is 5.91 Å². The van der Waals surface area contributed by atoms with Crippen molar-refractivity contribution in [3.05, 3.63) is 113 Å². The molecule has 3 aromatic carbocycles. The molecule has 3 aliphatic heterocycles. The summed E-state index contributed by atoms with van der Waals surface area (Å²) in [6, 6.07) is 24.2. The van der Waals surface area contributed by atoms with Crippen LogP contribution in [0.5, 0.6) is 0 Å². The van der Waals surface area contributed by atoms with Crippen molar-refractivity contribution in [3.63, 3.8) is 0 Å². The normalized spacial score (nSPS) is 22.1. The first-order valence-corrected chi connectivity index (χ1v) is 13.9. The van der Waals surface area contributed by atoms with E-state index in [-0.39, 0.29) is 30.2 Å². The van der Waals surface area contributed by atoms with Crippen molar-refractivity contribution in [1.82, 2.24) is 9.80 Å². The Bertz CT molecular complexity index is 1480. The summed E-state index contributed by atoms with van der Waals surface area (Å²) in [6.07, 6.45) is 2.50. The maximum Gasteiger partial charge on any atom is 0.253 e. The number of nitrogens with one attached hydrogen (secondary N) is 1. The number of allylic oxidation sites excluding steroid dienone is 1. The fraction of sp³-hybridized carbons (Fsp3) is 0.303. The molecule has 4 aliphatic rings. The Labute approximate surface area is 229 Å². The van der Waals surface area contributed by atoms with E-state index in [4.69, 9.17) is 4.99 Å². The molecular formula is C33H32N4O2. The molecule has 6 nitrogen and oxygen atoms in total. The minimum Gasteiger partial charge on any atom is -0.377 e. The second-order valence-electron chi connectivity index (χ2n) is 11.0. The topological polar surface area (TPSA) is 65.0 Å². The zero-order valence-corrected chi connectivity index (χ0v) is 22.0. The van der Waals surface area contributed by atoms with Gasteiger partial charge in [-0.3, -0.25) is 14.6 Å². The number of benzene rings is 3. The minimum absolute atomic E-state index is 0.0462. The van der Waals surface area contributed by atoms with Crippen LogP contribution in [0.2, 0.25) is 0 Å². The molecule has 0 radical (unpaired) electrons.